The Labute approximate surface area is 151 Å². The number of hydrogen-bond donors (Lipinski definition) is 0. The minimum absolute atomic E-state index is 0. The molecule has 0 aliphatic rings. The SMILES string of the molecule is CCOC(=O)N(CC[N+](C)(C)C)c1ccc(C(F)(F)F)cn1.[I-]. The van der Waals surface area contributed by atoms with Crippen molar-refractivity contribution >= 4 is 11.9 Å². The maximum atomic E-state index is 12.6. The highest BCUT2D eigenvalue weighted by Crippen LogP contribution is 2.29. The first-order valence-electron chi connectivity index (χ1n) is 6.82. The van der Waals surface area contributed by atoms with Crippen LogP contribution in [0.25, 0.3) is 0 Å². The lowest BCUT2D eigenvalue weighted by atomic mass is 10.2. The van der Waals surface area contributed by atoms with Crippen LogP contribution in [0, 0.1) is 0 Å². The number of alkyl halides is 3. The average Bonchev–Trinajstić information content (AvgIpc) is 2.37. The number of rotatable bonds is 5. The lowest BCUT2D eigenvalue weighted by Gasteiger charge is -2.28. The molecule has 0 aromatic carbocycles. The molecule has 1 amide bonds. The summed E-state index contributed by atoms with van der Waals surface area (Å²) in [6.45, 7) is 2.73. The summed E-state index contributed by atoms with van der Waals surface area (Å²) in [5, 5.41) is 0. The molecule has 0 fully saturated rings. The number of ether oxygens (including phenoxy) is 1. The molecule has 1 heterocycles. The molecule has 9 heteroatoms. The number of likely N-dealkylation sites (N-methyl/N-ethyl adjacent to an activating group) is 1. The molecule has 0 radical (unpaired) electrons. The number of aromatic nitrogens is 1. The molecule has 1 rings (SSSR count). The molecule has 0 bridgehead atoms. The van der Waals surface area contributed by atoms with Crippen LogP contribution in [0.1, 0.15) is 12.5 Å². The lowest BCUT2D eigenvalue weighted by molar-refractivity contribution is -0.868. The van der Waals surface area contributed by atoms with Crippen molar-refractivity contribution in [2.45, 2.75) is 13.1 Å². The smallest absolute Gasteiger partial charge is 0.417 e. The second kappa shape index (κ2) is 8.67. The molecule has 1 aromatic heterocycles. The second-order valence-corrected chi connectivity index (χ2v) is 5.77. The third-order valence-electron chi connectivity index (χ3n) is 2.83. The largest absolute Gasteiger partial charge is 1.00 e. The van der Waals surface area contributed by atoms with Gasteiger partial charge in [-0.3, -0.25) is 4.90 Å². The highest BCUT2D eigenvalue weighted by molar-refractivity contribution is 5.86. The van der Waals surface area contributed by atoms with Gasteiger partial charge in [-0.25, -0.2) is 9.78 Å². The normalized spacial score (nSPS) is 11.6. The van der Waals surface area contributed by atoms with E-state index in [1.165, 1.54) is 11.0 Å². The van der Waals surface area contributed by atoms with E-state index in [0.29, 0.717) is 23.8 Å². The van der Waals surface area contributed by atoms with Crippen molar-refractivity contribution in [3.05, 3.63) is 23.9 Å². The molecule has 0 aliphatic carbocycles. The molecule has 0 aliphatic heterocycles. The maximum Gasteiger partial charge on any atom is 0.417 e. The number of quaternary nitrogens is 1. The molecule has 5 nitrogen and oxygen atoms in total. The Bertz CT molecular complexity index is 501. The number of carbonyl (C=O) groups excluding carboxylic acids is 1. The Balaban J connectivity index is 0.00000484. The van der Waals surface area contributed by atoms with Crippen LogP contribution in [-0.4, -0.2) is 56.4 Å². The predicted molar refractivity (Wildman–Crippen MR) is 76.5 cm³/mol. The van der Waals surface area contributed by atoms with E-state index in [0.717, 1.165) is 6.07 Å². The molecular weight excluding hydrogens is 426 g/mol. The zero-order valence-electron chi connectivity index (χ0n) is 13.5. The summed E-state index contributed by atoms with van der Waals surface area (Å²) < 4.78 is 43.2. The summed E-state index contributed by atoms with van der Waals surface area (Å²) >= 11 is 0. The molecule has 0 saturated heterocycles. The Kier molecular flexibility index (Phi) is 8.25. The molecule has 0 N–H and O–H groups in total. The number of hydrogen-bond acceptors (Lipinski definition) is 3. The fourth-order valence-electron chi connectivity index (χ4n) is 1.61. The van der Waals surface area contributed by atoms with Crippen molar-refractivity contribution in [3.8, 4) is 0 Å². The van der Waals surface area contributed by atoms with Gasteiger partial charge in [-0.15, -0.1) is 0 Å². The first kappa shape index (κ1) is 21.9. The van der Waals surface area contributed by atoms with E-state index < -0.39 is 17.8 Å². The van der Waals surface area contributed by atoms with Gasteiger partial charge in [-0.2, -0.15) is 13.2 Å². The zero-order valence-corrected chi connectivity index (χ0v) is 15.7. The van der Waals surface area contributed by atoms with Gasteiger partial charge in [0.25, 0.3) is 0 Å². The van der Waals surface area contributed by atoms with Crippen LogP contribution in [0.5, 0.6) is 0 Å². The van der Waals surface area contributed by atoms with Gasteiger partial charge in [-0.1, -0.05) is 0 Å². The van der Waals surface area contributed by atoms with E-state index in [-0.39, 0.29) is 36.4 Å². The summed E-state index contributed by atoms with van der Waals surface area (Å²) in [5.74, 6) is 0.139. The monoisotopic (exact) mass is 447 g/mol. The highest BCUT2D eigenvalue weighted by atomic mass is 127. The van der Waals surface area contributed by atoms with E-state index >= 15 is 0 Å². The van der Waals surface area contributed by atoms with Crippen molar-refractivity contribution in [1.29, 1.82) is 0 Å². The highest BCUT2D eigenvalue weighted by Gasteiger charge is 2.31. The van der Waals surface area contributed by atoms with Crippen LogP contribution in [-0.2, 0) is 10.9 Å². The van der Waals surface area contributed by atoms with Crippen LogP contribution in [0.4, 0.5) is 23.8 Å². The topological polar surface area (TPSA) is 42.4 Å². The number of anilines is 1. The van der Waals surface area contributed by atoms with Gasteiger partial charge in [-0.05, 0) is 19.1 Å². The standard InChI is InChI=1S/C14H21F3N3O2.HI/c1-5-22-13(21)19(8-9-20(2,3)4)12-7-6-11(10-18-12)14(15,16)17;/h6-7,10H,5,8-9H2,1-4H3;1H/q+1;/p-1. The van der Waals surface area contributed by atoms with Gasteiger partial charge in [0, 0.05) is 6.20 Å². The Hall–Kier alpha value is -1.10. The predicted octanol–water partition coefficient (Wildman–Crippen LogP) is -0.226. The number of amides is 1. The summed E-state index contributed by atoms with van der Waals surface area (Å²) in [4.78, 5) is 17.0. The van der Waals surface area contributed by atoms with Crippen molar-refractivity contribution in [2.24, 2.45) is 0 Å². The molecule has 0 atom stereocenters. The van der Waals surface area contributed by atoms with E-state index in [9.17, 15) is 18.0 Å². The van der Waals surface area contributed by atoms with Crippen LogP contribution < -0.4 is 28.9 Å². The number of nitrogens with zero attached hydrogens (tertiary/aromatic N) is 3. The maximum absolute atomic E-state index is 12.6. The number of halogens is 4. The molecule has 1 aromatic rings. The van der Waals surface area contributed by atoms with E-state index in [4.69, 9.17) is 4.74 Å². The van der Waals surface area contributed by atoms with Crippen molar-refractivity contribution in [1.82, 2.24) is 4.98 Å². The van der Waals surface area contributed by atoms with E-state index in [1.54, 1.807) is 6.92 Å². The van der Waals surface area contributed by atoms with Crippen molar-refractivity contribution < 1.29 is 51.2 Å². The summed E-state index contributed by atoms with van der Waals surface area (Å²) in [6.07, 6.45) is -4.36. The first-order valence-corrected chi connectivity index (χ1v) is 6.82. The Morgan fingerprint density at radius 1 is 1.30 bits per heavy atom. The van der Waals surface area contributed by atoms with Gasteiger partial charge in [0.05, 0.1) is 46.4 Å². The molecule has 0 unspecified atom stereocenters. The van der Waals surface area contributed by atoms with Crippen LogP contribution in [0.3, 0.4) is 0 Å². The van der Waals surface area contributed by atoms with Crippen LogP contribution >= 0.6 is 0 Å². The summed E-state index contributed by atoms with van der Waals surface area (Å²) in [5.41, 5.74) is -0.855. The van der Waals surface area contributed by atoms with Gasteiger partial charge >= 0.3 is 12.3 Å². The fraction of sp³-hybridized carbons (Fsp3) is 0.571. The minimum atomic E-state index is -4.46. The van der Waals surface area contributed by atoms with Crippen molar-refractivity contribution in [2.75, 3.05) is 45.7 Å². The summed E-state index contributed by atoms with van der Waals surface area (Å²) in [6, 6.07) is 2.08. The van der Waals surface area contributed by atoms with Crippen LogP contribution in [0.15, 0.2) is 18.3 Å². The number of carbonyl (C=O) groups is 1. The quantitative estimate of drug-likeness (QED) is 0.463. The Morgan fingerprint density at radius 2 is 1.91 bits per heavy atom. The molecule has 0 saturated carbocycles. The van der Waals surface area contributed by atoms with Gasteiger partial charge in [0.1, 0.15) is 5.82 Å². The summed E-state index contributed by atoms with van der Waals surface area (Å²) in [7, 11) is 5.84. The zero-order chi connectivity index (χ0) is 17.0. The first-order chi connectivity index (χ1) is 10.0. The average molecular weight is 447 g/mol. The Morgan fingerprint density at radius 3 is 2.30 bits per heavy atom. The van der Waals surface area contributed by atoms with E-state index in [2.05, 4.69) is 4.98 Å². The minimum Gasteiger partial charge on any atom is -1.00 e. The second-order valence-electron chi connectivity index (χ2n) is 5.77. The lowest BCUT2D eigenvalue weighted by Crippen LogP contribution is -3.00. The molecule has 0 spiro atoms. The van der Waals surface area contributed by atoms with Gasteiger partial charge in [0.15, 0.2) is 0 Å². The van der Waals surface area contributed by atoms with Crippen LogP contribution in [0.2, 0.25) is 0 Å². The van der Waals surface area contributed by atoms with Gasteiger partial charge in [0.2, 0.25) is 0 Å². The van der Waals surface area contributed by atoms with E-state index in [1.807, 2.05) is 21.1 Å². The molecule has 23 heavy (non-hydrogen) atoms. The molecular formula is C14H21F3IN3O2. The molecule has 132 valence electrons. The third kappa shape index (κ3) is 7.34. The third-order valence-corrected chi connectivity index (χ3v) is 2.83. The number of pyridine rings is 1. The van der Waals surface area contributed by atoms with Gasteiger partial charge < -0.3 is 33.2 Å². The fourth-order valence-corrected chi connectivity index (χ4v) is 1.61. The van der Waals surface area contributed by atoms with Crippen molar-refractivity contribution in [3.63, 3.8) is 0 Å².